The maximum absolute atomic E-state index is 12.7. The van der Waals surface area contributed by atoms with Crippen LogP contribution >= 0.6 is 0 Å². The highest BCUT2D eigenvalue weighted by molar-refractivity contribution is 6.70. The fourth-order valence-corrected chi connectivity index (χ4v) is 4.14. The van der Waals surface area contributed by atoms with Crippen molar-refractivity contribution in [2.45, 2.75) is 32.1 Å². The van der Waals surface area contributed by atoms with Gasteiger partial charge in [0.15, 0.2) is 0 Å². The van der Waals surface area contributed by atoms with Gasteiger partial charge < -0.3 is 4.43 Å². The molecule has 1 nitrogen and oxygen atoms in total. The van der Waals surface area contributed by atoms with Crippen molar-refractivity contribution in [1.29, 1.82) is 0 Å². The molecule has 1 aromatic carbocycles. The van der Waals surface area contributed by atoms with Crippen LogP contribution in [0.15, 0.2) is 36.6 Å². The van der Waals surface area contributed by atoms with E-state index in [-0.39, 0.29) is 15.3 Å². The van der Waals surface area contributed by atoms with Crippen LogP contribution in [0.2, 0.25) is 25.7 Å². The summed E-state index contributed by atoms with van der Waals surface area (Å²) in [7, 11) is -1.81. The Morgan fingerprint density at radius 1 is 1.29 bits per heavy atom. The Kier molecular flexibility index (Phi) is 5.14. The lowest BCUT2D eigenvalue weighted by Crippen LogP contribution is -2.24. The van der Waals surface area contributed by atoms with E-state index in [9.17, 15) is 4.39 Å². The van der Waals surface area contributed by atoms with E-state index in [0.717, 1.165) is 18.2 Å². The van der Waals surface area contributed by atoms with Gasteiger partial charge in [-0.1, -0.05) is 29.9 Å². The highest BCUT2D eigenvalue weighted by atomic mass is 28.4. The molecule has 17 heavy (non-hydrogen) atoms. The predicted molar refractivity (Wildman–Crippen MR) is 77.6 cm³/mol. The van der Waals surface area contributed by atoms with Gasteiger partial charge in [-0.25, -0.2) is 4.39 Å². The van der Waals surface area contributed by atoms with E-state index >= 15 is 0 Å². The summed E-state index contributed by atoms with van der Waals surface area (Å²) in [6.07, 6.45) is 0.938. The van der Waals surface area contributed by atoms with Crippen LogP contribution in [0, 0.1) is 5.82 Å². The van der Waals surface area contributed by atoms with E-state index in [1.807, 2.05) is 12.1 Å². The zero-order chi connectivity index (χ0) is 12.9. The molecule has 4 heteroatoms. The quantitative estimate of drug-likeness (QED) is 0.569. The second-order valence-electron chi connectivity index (χ2n) is 5.23. The van der Waals surface area contributed by atoms with Crippen LogP contribution in [0.1, 0.15) is 6.42 Å². The number of halogens is 1. The highest BCUT2D eigenvalue weighted by Crippen LogP contribution is 2.13. The van der Waals surface area contributed by atoms with Crippen LogP contribution in [-0.4, -0.2) is 17.8 Å². The smallest absolute Gasteiger partial charge is 0.241 e. The number of rotatable bonds is 6. The summed E-state index contributed by atoms with van der Waals surface area (Å²) >= 11 is 0. The van der Waals surface area contributed by atoms with Gasteiger partial charge >= 0.3 is 0 Å². The summed E-state index contributed by atoms with van der Waals surface area (Å²) in [5, 5.41) is 1.30. The maximum atomic E-state index is 12.7. The molecule has 0 bridgehead atoms. The van der Waals surface area contributed by atoms with Crippen LogP contribution in [0.25, 0.3) is 0 Å². The van der Waals surface area contributed by atoms with Gasteiger partial charge in [0.25, 0.3) is 0 Å². The van der Waals surface area contributed by atoms with Crippen molar-refractivity contribution in [2.24, 2.45) is 0 Å². The summed E-state index contributed by atoms with van der Waals surface area (Å²) in [6, 6.07) is 7.99. The standard InChI is InChI=1S/C13H21FOSi2/c1-11(15-17(2,3)4)9-10-16-13-7-5-12(14)6-8-13/h5-8H,1,9-10,16H2,2-4H3. The molecule has 0 atom stereocenters. The molecule has 0 aliphatic rings. The van der Waals surface area contributed by atoms with E-state index in [4.69, 9.17) is 4.43 Å². The highest BCUT2D eigenvalue weighted by Gasteiger charge is 2.16. The first-order valence-corrected chi connectivity index (χ1v) is 11.1. The SMILES string of the molecule is C=C(CC[SiH2]c1ccc(F)cc1)O[Si](C)(C)C. The molecule has 0 aliphatic carbocycles. The fourth-order valence-electron chi connectivity index (χ4n) is 1.62. The first-order chi connectivity index (χ1) is 7.87. The van der Waals surface area contributed by atoms with E-state index in [1.165, 1.54) is 17.3 Å². The Morgan fingerprint density at radius 2 is 1.88 bits per heavy atom. The lowest BCUT2D eigenvalue weighted by Gasteiger charge is -2.20. The lowest BCUT2D eigenvalue weighted by molar-refractivity contribution is 0.408. The van der Waals surface area contributed by atoms with Crippen LogP contribution in [-0.2, 0) is 4.43 Å². The van der Waals surface area contributed by atoms with Crippen LogP contribution in [0.5, 0.6) is 0 Å². The van der Waals surface area contributed by atoms with Crippen LogP contribution in [0.3, 0.4) is 0 Å². The minimum Gasteiger partial charge on any atom is -0.548 e. The van der Waals surface area contributed by atoms with Gasteiger partial charge in [0.2, 0.25) is 8.32 Å². The number of allylic oxidation sites excluding steroid dienone is 1. The Hall–Kier alpha value is -0.876. The predicted octanol–water partition coefficient (Wildman–Crippen LogP) is 2.79. The second-order valence-corrected chi connectivity index (χ2v) is 11.7. The molecule has 0 amide bonds. The largest absolute Gasteiger partial charge is 0.548 e. The van der Waals surface area contributed by atoms with Gasteiger partial charge in [-0.05, 0) is 31.8 Å². The third-order valence-electron chi connectivity index (χ3n) is 2.28. The van der Waals surface area contributed by atoms with Gasteiger partial charge in [0, 0.05) is 6.42 Å². The fraction of sp³-hybridized carbons (Fsp3) is 0.385. The average molecular weight is 268 g/mol. The third-order valence-corrected chi connectivity index (χ3v) is 4.94. The summed E-state index contributed by atoms with van der Waals surface area (Å²) < 4.78 is 18.5. The lowest BCUT2D eigenvalue weighted by atomic mass is 10.3. The zero-order valence-corrected chi connectivity index (χ0v) is 13.3. The zero-order valence-electron chi connectivity index (χ0n) is 10.9. The Balaban J connectivity index is 2.28. The molecule has 0 saturated carbocycles. The third kappa shape index (κ3) is 6.43. The summed E-state index contributed by atoms with van der Waals surface area (Å²) in [5.74, 6) is 0.757. The normalized spacial score (nSPS) is 12.0. The van der Waals surface area contributed by atoms with E-state index < -0.39 is 8.32 Å². The van der Waals surface area contributed by atoms with Crippen molar-refractivity contribution in [2.75, 3.05) is 0 Å². The van der Waals surface area contributed by atoms with Gasteiger partial charge in [-0.15, -0.1) is 0 Å². The number of hydrogen-bond acceptors (Lipinski definition) is 1. The number of benzene rings is 1. The van der Waals surface area contributed by atoms with Crippen molar-refractivity contribution >= 4 is 23.0 Å². The molecule has 0 N–H and O–H groups in total. The van der Waals surface area contributed by atoms with Crippen molar-refractivity contribution in [3.8, 4) is 0 Å². The first-order valence-electron chi connectivity index (χ1n) is 5.98. The molecule has 0 heterocycles. The van der Waals surface area contributed by atoms with E-state index in [2.05, 4.69) is 26.2 Å². The van der Waals surface area contributed by atoms with Gasteiger partial charge in [0.1, 0.15) is 5.82 Å². The Labute approximate surface area is 107 Å². The Morgan fingerprint density at radius 3 is 2.41 bits per heavy atom. The summed E-state index contributed by atoms with van der Waals surface area (Å²) in [6.45, 7) is 10.4. The molecule has 1 rings (SSSR count). The van der Waals surface area contributed by atoms with Crippen molar-refractivity contribution < 1.29 is 8.82 Å². The van der Waals surface area contributed by atoms with Crippen molar-refractivity contribution in [3.63, 3.8) is 0 Å². The molecule has 94 valence electrons. The molecule has 0 fully saturated rings. The average Bonchev–Trinajstić information content (AvgIpc) is 2.18. The molecular formula is C13H21FOSi2. The van der Waals surface area contributed by atoms with E-state index in [0.29, 0.717) is 0 Å². The monoisotopic (exact) mass is 268 g/mol. The minimum absolute atomic E-state index is 0.158. The van der Waals surface area contributed by atoms with Gasteiger partial charge in [-0.3, -0.25) is 0 Å². The molecule has 0 spiro atoms. The van der Waals surface area contributed by atoms with Crippen LogP contribution < -0.4 is 5.19 Å². The maximum Gasteiger partial charge on any atom is 0.241 e. The molecular weight excluding hydrogens is 247 g/mol. The van der Waals surface area contributed by atoms with Crippen LogP contribution in [0.4, 0.5) is 4.39 Å². The van der Waals surface area contributed by atoms with Crippen molar-refractivity contribution in [1.82, 2.24) is 0 Å². The topological polar surface area (TPSA) is 9.23 Å². The molecule has 1 aromatic rings. The first kappa shape index (κ1) is 14.2. The summed E-state index contributed by atoms with van der Waals surface area (Å²) in [5.41, 5.74) is 0. The second kappa shape index (κ2) is 6.16. The van der Waals surface area contributed by atoms with Gasteiger partial charge in [-0.2, -0.15) is 0 Å². The van der Waals surface area contributed by atoms with Crippen molar-refractivity contribution in [3.05, 3.63) is 42.4 Å². The molecule has 0 unspecified atom stereocenters. The molecule has 0 aliphatic heterocycles. The molecule has 0 aromatic heterocycles. The minimum atomic E-state index is -1.49. The van der Waals surface area contributed by atoms with Gasteiger partial charge in [0.05, 0.1) is 15.3 Å². The molecule has 0 saturated heterocycles. The number of hydrogen-bond donors (Lipinski definition) is 0. The van der Waals surface area contributed by atoms with E-state index in [1.54, 1.807) is 0 Å². The molecule has 0 radical (unpaired) electrons. The summed E-state index contributed by atoms with van der Waals surface area (Å²) in [4.78, 5) is 0. The Bertz CT molecular complexity index is 368.